The van der Waals surface area contributed by atoms with Crippen LogP contribution in [0.15, 0.2) is 79.1 Å². The molecule has 6 nitrogen and oxygen atoms in total. The molecule has 1 amide bonds. The van der Waals surface area contributed by atoms with E-state index in [0.29, 0.717) is 6.54 Å². The lowest BCUT2D eigenvalue weighted by molar-refractivity contribution is -0.121. The summed E-state index contributed by atoms with van der Waals surface area (Å²) in [5.41, 5.74) is 2.04. The van der Waals surface area contributed by atoms with Crippen LogP contribution in [-0.4, -0.2) is 60.0 Å². The van der Waals surface area contributed by atoms with Gasteiger partial charge in [-0.1, -0.05) is 60.7 Å². The van der Waals surface area contributed by atoms with E-state index in [9.17, 15) is 4.79 Å². The Balaban J connectivity index is 1.25. The summed E-state index contributed by atoms with van der Waals surface area (Å²) < 4.78 is 0. The van der Waals surface area contributed by atoms with E-state index in [-0.39, 0.29) is 11.8 Å². The maximum absolute atomic E-state index is 13.0. The third-order valence-corrected chi connectivity index (χ3v) is 5.69. The first-order valence-corrected chi connectivity index (χ1v) is 10.9. The fourth-order valence-electron chi connectivity index (χ4n) is 4.03. The minimum absolute atomic E-state index is 0.0587. The standard InChI is InChI=1S/C25H29N5O/c31-24(23(21-9-3-1-4-10-21)22-11-5-2-6-12-22)26-15-8-16-29-17-19-30(20-18-29)25-27-13-7-14-28-25/h1-7,9-14,23H,8,15-20H2,(H,26,31). The van der Waals surface area contributed by atoms with E-state index in [4.69, 9.17) is 0 Å². The maximum Gasteiger partial charge on any atom is 0.232 e. The lowest BCUT2D eigenvalue weighted by Gasteiger charge is -2.34. The molecule has 0 spiro atoms. The molecule has 1 fully saturated rings. The molecule has 3 aromatic rings. The molecule has 4 rings (SSSR count). The van der Waals surface area contributed by atoms with Crippen LogP contribution >= 0.6 is 0 Å². The Kier molecular flexibility index (Phi) is 7.24. The maximum atomic E-state index is 13.0. The van der Waals surface area contributed by atoms with Crippen molar-refractivity contribution in [3.05, 3.63) is 90.3 Å². The zero-order chi connectivity index (χ0) is 21.3. The van der Waals surface area contributed by atoms with Gasteiger partial charge in [0.2, 0.25) is 11.9 Å². The molecule has 2 heterocycles. The highest BCUT2D eigenvalue weighted by Gasteiger charge is 2.22. The van der Waals surface area contributed by atoms with Crippen LogP contribution in [0.4, 0.5) is 5.95 Å². The lowest BCUT2D eigenvalue weighted by atomic mass is 9.90. The molecule has 0 bridgehead atoms. The van der Waals surface area contributed by atoms with Crippen LogP contribution in [0.1, 0.15) is 23.5 Å². The monoisotopic (exact) mass is 415 g/mol. The van der Waals surface area contributed by atoms with E-state index < -0.39 is 0 Å². The molecule has 0 radical (unpaired) electrons. The Bertz CT molecular complexity index is 888. The molecule has 1 aliphatic rings. The second-order valence-electron chi connectivity index (χ2n) is 7.78. The van der Waals surface area contributed by atoms with E-state index >= 15 is 0 Å². The van der Waals surface area contributed by atoms with E-state index in [1.54, 1.807) is 12.4 Å². The third kappa shape index (κ3) is 5.67. The number of anilines is 1. The van der Waals surface area contributed by atoms with E-state index in [2.05, 4.69) is 25.1 Å². The first-order chi connectivity index (χ1) is 15.3. The molecule has 2 aromatic carbocycles. The Morgan fingerprint density at radius 2 is 1.42 bits per heavy atom. The Labute approximate surface area is 183 Å². The van der Waals surface area contributed by atoms with Gasteiger partial charge >= 0.3 is 0 Å². The van der Waals surface area contributed by atoms with E-state index in [1.165, 1.54) is 0 Å². The normalized spacial score (nSPS) is 14.5. The average Bonchev–Trinajstić information content (AvgIpc) is 2.84. The number of hydrogen-bond acceptors (Lipinski definition) is 5. The SMILES string of the molecule is O=C(NCCCN1CCN(c2ncccn2)CC1)C(c1ccccc1)c1ccccc1. The fraction of sp³-hybridized carbons (Fsp3) is 0.320. The second-order valence-corrected chi connectivity index (χ2v) is 7.78. The molecular formula is C25H29N5O. The highest BCUT2D eigenvalue weighted by Crippen LogP contribution is 2.24. The van der Waals surface area contributed by atoms with Gasteiger partial charge in [0.15, 0.2) is 0 Å². The summed E-state index contributed by atoms with van der Waals surface area (Å²) >= 11 is 0. The molecule has 1 N–H and O–H groups in total. The van der Waals surface area contributed by atoms with Gasteiger partial charge in [0.25, 0.3) is 0 Å². The summed E-state index contributed by atoms with van der Waals surface area (Å²) in [5, 5.41) is 3.16. The average molecular weight is 416 g/mol. The number of piperazine rings is 1. The molecule has 160 valence electrons. The van der Waals surface area contributed by atoms with Gasteiger partial charge in [0.1, 0.15) is 0 Å². The van der Waals surface area contributed by atoms with Crippen LogP contribution in [0.3, 0.4) is 0 Å². The van der Waals surface area contributed by atoms with Gasteiger partial charge in [-0.05, 0) is 30.2 Å². The van der Waals surface area contributed by atoms with Gasteiger partial charge in [0.05, 0.1) is 5.92 Å². The second kappa shape index (κ2) is 10.7. The van der Waals surface area contributed by atoms with Crippen molar-refractivity contribution < 1.29 is 4.79 Å². The van der Waals surface area contributed by atoms with Crippen LogP contribution in [0, 0.1) is 0 Å². The zero-order valence-electron chi connectivity index (χ0n) is 17.7. The molecule has 0 aliphatic carbocycles. The molecule has 0 unspecified atom stereocenters. The minimum Gasteiger partial charge on any atom is -0.355 e. The third-order valence-electron chi connectivity index (χ3n) is 5.69. The smallest absolute Gasteiger partial charge is 0.232 e. The summed E-state index contributed by atoms with van der Waals surface area (Å²) in [6.07, 6.45) is 4.51. The molecule has 1 aromatic heterocycles. The van der Waals surface area contributed by atoms with E-state index in [0.717, 1.165) is 56.2 Å². The molecular weight excluding hydrogens is 386 g/mol. The topological polar surface area (TPSA) is 61.4 Å². The Hall–Kier alpha value is -3.25. The van der Waals surface area contributed by atoms with Gasteiger partial charge in [-0.25, -0.2) is 9.97 Å². The first kappa shape index (κ1) is 21.0. The molecule has 0 atom stereocenters. The predicted octanol–water partition coefficient (Wildman–Crippen LogP) is 2.94. The van der Waals surface area contributed by atoms with Crippen LogP contribution in [-0.2, 0) is 4.79 Å². The van der Waals surface area contributed by atoms with Gasteiger partial charge in [0, 0.05) is 45.1 Å². The summed E-state index contributed by atoms with van der Waals surface area (Å²) in [4.78, 5) is 26.4. The number of rotatable bonds is 8. The summed E-state index contributed by atoms with van der Waals surface area (Å²) in [7, 11) is 0. The molecule has 1 saturated heterocycles. The largest absolute Gasteiger partial charge is 0.355 e. The quantitative estimate of drug-likeness (QED) is 0.573. The Morgan fingerprint density at radius 1 is 0.839 bits per heavy atom. The highest BCUT2D eigenvalue weighted by atomic mass is 16.1. The molecule has 0 saturated carbocycles. The van der Waals surface area contributed by atoms with Gasteiger partial charge in [-0.15, -0.1) is 0 Å². The lowest BCUT2D eigenvalue weighted by Crippen LogP contribution is -2.47. The van der Waals surface area contributed by atoms with Gasteiger partial charge in [-0.2, -0.15) is 0 Å². The summed E-state index contributed by atoms with van der Waals surface area (Å²) in [5.74, 6) is 0.586. The van der Waals surface area contributed by atoms with E-state index in [1.807, 2.05) is 66.7 Å². The number of benzene rings is 2. The number of aromatic nitrogens is 2. The number of nitrogens with one attached hydrogen (secondary N) is 1. The zero-order valence-corrected chi connectivity index (χ0v) is 17.7. The Morgan fingerprint density at radius 3 is 2.00 bits per heavy atom. The summed E-state index contributed by atoms with van der Waals surface area (Å²) in [6.45, 7) is 5.49. The highest BCUT2D eigenvalue weighted by molar-refractivity contribution is 5.87. The van der Waals surface area contributed by atoms with Crippen molar-refractivity contribution in [1.82, 2.24) is 20.2 Å². The minimum atomic E-state index is -0.281. The summed E-state index contributed by atoms with van der Waals surface area (Å²) in [6, 6.07) is 21.8. The van der Waals surface area contributed by atoms with Crippen molar-refractivity contribution in [3.8, 4) is 0 Å². The van der Waals surface area contributed by atoms with Crippen molar-refractivity contribution in [1.29, 1.82) is 0 Å². The molecule has 6 heteroatoms. The van der Waals surface area contributed by atoms with Crippen molar-refractivity contribution in [2.45, 2.75) is 12.3 Å². The number of nitrogens with zero attached hydrogens (tertiary/aromatic N) is 4. The van der Waals surface area contributed by atoms with Gasteiger partial charge in [-0.3, -0.25) is 9.69 Å². The van der Waals surface area contributed by atoms with Crippen LogP contribution in [0.5, 0.6) is 0 Å². The number of hydrogen-bond donors (Lipinski definition) is 1. The van der Waals surface area contributed by atoms with Crippen molar-refractivity contribution in [3.63, 3.8) is 0 Å². The van der Waals surface area contributed by atoms with Crippen LogP contribution in [0.2, 0.25) is 0 Å². The fourth-order valence-corrected chi connectivity index (χ4v) is 4.03. The van der Waals surface area contributed by atoms with Crippen molar-refractivity contribution >= 4 is 11.9 Å². The number of amides is 1. The number of carbonyl (C=O) groups is 1. The molecule has 1 aliphatic heterocycles. The van der Waals surface area contributed by atoms with Crippen molar-refractivity contribution in [2.75, 3.05) is 44.2 Å². The molecule has 31 heavy (non-hydrogen) atoms. The van der Waals surface area contributed by atoms with Crippen molar-refractivity contribution in [2.24, 2.45) is 0 Å². The van der Waals surface area contributed by atoms with Crippen LogP contribution in [0.25, 0.3) is 0 Å². The number of carbonyl (C=O) groups excluding carboxylic acids is 1. The first-order valence-electron chi connectivity index (χ1n) is 10.9. The predicted molar refractivity (Wildman–Crippen MR) is 123 cm³/mol. The van der Waals surface area contributed by atoms with Crippen LogP contribution < -0.4 is 10.2 Å². The van der Waals surface area contributed by atoms with Gasteiger partial charge < -0.3 is 10.2 Å².